The second-order valence-corrected chi connectivity index (χ2v) is 7.67. The van der Waals surface area contributed by atoms with Gasteiger partial charge < -0.3 is 15.1 Å². The fraction of sp³-hybridized carbons (Fsp3) is 0.571. The van der Waals surface area contributed by atoms with Crippen LogP contribution < -0.4 is 5.32 Å². The molecular weight excluding hydrogens is 390 g/mol. The number of hydrogen-bond acceptors (Lipinski definition) is 4. The van der Waals surface area contributed by atoms with Crippen LogP contribution in [0.2, 0.25) is 0 Å². The van der Waals surface area contributed by atoms with Gasteiger partial charge in [-0.25, -0.2) is 0 Å². The first-order valence-corrected chi connectivity index (χ1v) is 8.58. The summed E-state index contributed by atoms with van der Waals surface area (Å²) in [7, 11) is 3.63. The van der Waals surface area contributed by atoms with E-state index in [9.17, 15) is 9.59 Å². The molecule has 124 valence electrons. The molecule has 8 heteroatoms. The zero-order chi connectivity index (χ0) is 15.4. The van der Waals surface area contributed by atoms with Crippen molar-refractivity contribution in [2.24, 2.45) is 0 Å². The van der Waals surface area contributed by atoms with Gasteiger partial charge in [-0.1, -0.05) is 0 Å². The Morgan fingerprint density at radius 1 is 1.41 bits per heavy atom. The van der Waals surface area contributed by atoms with Gasteiger partial charge in [0.1, 0.15) is 0 Å². The molecule has 1 aromatic rings. The summed E-state index contributed by atoms with van der Waals surface area (Å²) < 4.78 is 0.916. The molecule has 0 atom stereocenters. The first-order valence-electron chi connectivity index (χ1n) is 6.97. The van der Waals surface area contributed by atoms with Gasteiger partial charge in [-0.2, -0.15) is 0 Å². The van der Waals surface area contributed by atoms with Crippen molar-refractivity contribution in [1.29, 1.82) is 0 Å². The van der Waals surface area contributed by atoms with Crippen LogP contribution in [0.5, 0.6) is 0 Å². The molecule has 0 bridgehead atoms. The standard InChI is InChI=1S/C14H20BrN3O2S.ClH/c1-16-10-5-7-18(8-6-10)13(19)9-17(2)14(20)11-3-4-12(15)21-11;/h3-4,10,16H,5-9H2,1-2H3;1H. The largest absolute Gasteiger partial charge is 0.341 e. The van der Waals surface area contributed by atoms with E-state index in [1.54, 1.807) is 13.1 Å². The monoisotopic (exact) mass is 409 g/mol. The van der Waals surface area contributed by atoms with Crippen molar-refractivity contribution < 1.29 is 9.59 Å². The molecule has 22 heavy (non-hydrogen) atoms. The summed E-state index contributed by atoms with van der Waals surface area (Å²) in [5, 5.41) is 3.24. The van der Waals surface area contributed by atoms with E-state index < -0.39 is 0 Å². The number of nitrogens with zero attached hydrogens (tertiary/aromatic N) is 2. The molecule has 0 spiro atoms. The minimum absolute atomic E-state index is 0. The number of rotatable bonds is 4. The Labute approximate surface area is 149 Å². The number of likely N-dealkylation sites (tertiary alicyclic amines) is 1. The van der Waals surface area contributed by atoms with Crippen LogP contribution in [0.1, 0.15) is 22.5 Å². The Kier molecular flexibility index (Phi) is 7.82. The number of hydrogen-bond donors (Lipinski definition) is 1. The van der Waals surface area contributed by atoms with Crippen LogP contribution in [-0.2, 0) is 4.79 Å². The number of carbonyl (C=O) groups excluding carboxylic acids is 2. The lowest BCUT2D eigenvalue weighted by Gasteiger charge is -2.32. The van der Waals surface area contributed by atoms with Crippen LogP contribution in [0.3, 0.4) is 0 Å². The molecular formula is C14H21BrClN3O2S. The lowest BCUT2D eigenvalue weighted by Crippen LogP contribution is -2.47. The summed E-state index contributed by atoms with van der Waals surface area (Å²) in [6.45, 7) is 1.66. The molecule has 1 aliphatic heterocycles. The molecule has 2 heterocycles. The van der Waals surface area contributed by atoms with Crippen molar-refractivity contribution in [2.75, 3.05) is 33.7 Å². The summed E-state index contributed by atoms with van der Waals surface area (Å²) in [5.41, 5.74) is 0. The number of likely N-dealkylation sites (N-methyl/N-ethyl adjacent to an activating group) is 1. The van der Waals surface area contributed by atoms with Crippen molar-refractivity contribution in [2.45, 2.75) is 18.9 Å². The van der Waals surface area contributed by atoms with Gasteiger partial charge in [-0.3, -0.25) is 9.59 Å². The van der Waals surface area contributed by atoms with Gasteiger partial charge in [-0.15, -0.1) is 23.7 Å². The molecule has 0 saturated carbocycles. The second-order valence-electron chi connectivity index (χ2n) is 5.21. The lowest BCUT2D eigenvalue weighted by molar-refractivity contribution is -0.132. The van der Waals surface area contributed by atoms with Crippen LogP contribution in [0.4, 0.5) is 0 Å². The number of halogens is 2. The fourth-order valence-corrected chi connectivity index (χ4v) is 3.79. The quantitative estimate of drug-likeness (QED) is 0.828. The third-order valence-electron chi connectivity index (χ3n) is 3.76. The first-order chi connectivity index (χ1) is 10.0. The minimum atomic E-state index is -0.107. The molecule has 2 amide bonds. The average Bonchev–Trinajstić information content (AvgIpc) is 2.93. The smallest absolute Gasteiger partial charge is 0.264 e. The Bertz CT molecular complexity index is 518. The van der Waals surface area contributed by atoms with E-state index >= 15 is 0 Å². The van der Waals surface area contributed by atoms with Gasteiger partial charge in [0.05, 0.1) is 15.2 Å². The van der Waals surface area contributed by atoms with E-state index in [4.69, 9.17) is 0 Å². The van der Waals surface area contributed by atoms with E-state index in [1.807, 2.05) is 18.0 Å². The Morgan fingerprint density at radius 2 is 2.05 bits per heavy atom. The molecule has 1 saturated heterocycles. The van der Waals surface area contributed by atoms with Gasteiger partial charge in [0.15, 0.2) is 0 Å². The maximum Gasteiger partial charge on any atom is 0.264 e. The number of thiophene rings is 1. The molecule has 0 aromatic carbocycles. The highest BCUT2D eigenvalue weighted by atomic mass is 79.9. The molecule has 1 N–H and O–H groups in total. The molecule has 5 nitrogen and oxygen atoms in total. The Balaban J connectivity index is 0.00000242. The molecule has 2 rings (SSSR count). The highest BCUT2D eigenvalue weighted by Crippen LogP contribution is 2.23. The number of carbonyl (C=O) groups is 2. The normalized spacial score (nSPS) is 15.3. The zero-order valence-corrected chi connectivity index (χ0v) is 15.9. The summed E-state index contributed by atoms with van der Waals surface area (Å²) in [4.78, 5) is 28.4. The maximum absolute atomic E-state index is 12.3. The number of amides is 2. The zero-order valence-electron chi connectivity index (χ0n) is 12.7. The highest BCUT2D eigenvalue weighted by molar-refractivity contribution is 9.11. The summed E-state index contributed by atoms with van der Waals surface area (Å²) in [5.74, 6) is -0.0832. The van der Waals surface area contributed by atoms with Crippen LogP contribution in [-0.4, -0.2) is 61.4 Å². The molecule has 1 aromatic heterocycles. The Morgan fingerprint density at radius 3 is 2.55 bits per heavy atom. The first kappa shape index (κ1) is 19.4. The van der Waals surface area contributed by atoms with Crippen LogP contribution in [0.15, 0.2) is 15.9 Å². The van der Waals surface area contributed by atoms with Crippen molar-refractivity contribution in [1.82, 2.24) is 15.1 Å². The number of nitrogens with one attached hydrogen (secondary N) is 1. The number of piperidine rings is 1. The van der Waals surface area contributed by atoms with Crippen LogP contribution in [0, 0.1) is 0 Å². The second kappa shape index (κ2) is 8.86. The predicted octanol–water partition coefficient (Wildman–Crippen LogP) is 2.21. The van der Waals surface area contributed by atoms with Gasteiger partial charge in [-0.05, 0) is 48.0 Å². The summed E-state index contributed by atoms with van der Waals surface area (Å²) in [6.07, 6.45) is 1.94. The average molecular weight is 411 g/mol. The van der Waals surface area contributed by atoms with E-state index in [0.717, 1.165) is 29.7 Å². The lowest BCUT2D eigenvalue weighted by atomic mass is 10.1. The fourth-order valence-electron chi connectivity index (χ4n) is 2.41. The minimum Gasteiger partial charge on any atom is -0.341 e. The third kappa shape index (κ3) is 4.94. The van der Waals surface area contributed by atoms with Crippen LogP contribution in [0.25, 0.3) is 0 Å². The maximum atomic E-state index is 12.3. The summed E-state index contributed by atoms with van der Waals surface area (Å²) >= 11 is 4.72. The van der Waals surface area contributed by atoms with Crippen molar-refractivity contribution >= 4 is 51.5 Å². The van der Waals surface area contributed by atoms with Crippen molar-refractivity contribution in [3.05, 3.63) is 20.8 Å². The molecule has 1 aliphatic rings. The van der Waals surface area contributed by atoms with E-state index in [2.05, 4.69) is 21.2 Å². The van der Waals surface area contributed by atoms with Gasteiger partial charge >= 0.3 is 0 Å². The van der Waals surface area contributed by atoms with E-state index in [1.165, 1.54) is 16.2 Å². The van der Waals surface area contributed by atoms with Gasteiger partial charge in [0, 0.05) is 26.2 Å². The van der Waals surface area contributed by atoms with Crippen molar-refractivity contribution in [3.8, 4) is 0 Å². The van der Waals surface area contributed by atoms with Crippen LogP contribution >= 0.6 is 39.7 Å². The van der Waals surface area contributed by atoms with E-state index in [-0.39, 0.29) is 30.8 Å². The summed E-state index contributed by atoms with van der Waals surface area (Å²) in [6, 6.07) is 4.11. The third-order valence-corrected chi connectivity index (χ3v) is 5.37. The van der Waals surface area contributed by atoms with E-state index in [0.29, 0.717) is 10.9 Å². The van der Waals surface area contributed by atoms with Gasteiger partial charge in [0.2, 0.25) is 5.91 Å². The van der Waals surface area contributed by atoms with Gasteiger partial charge in [0.25, 0.3) is 5.91 Å². The molecule has 0 aliphatic carbocycles. The highest BCUT2D eigenvalue weighted by Gasteiger charge is 2.24. The SMILES string of the molecule is CNC1CCN(C(=O)CN(C)C(=O)c2ccc(Br)s2)CC1.Cl. The topological polar surface area (TPSA) is 52.7 Å². The van der Waals surface area contributed by atoms with Crippen molar-refractivity contribution in [3.63, 3.8) is 0 Å². The molecule has 1 fully saturated rings. The Hall–Kier alpha value is -0.630. The molecule has 0 radical (unpaired) electrons. The molecule has 0 unspecified atom stereocenters. The predicted molar refractivity (Wildman–Crippen MR) is 94.9 cm³/mol.